The van der Waals surface area contributed by atoms with E-state index in [0.717, 1.165) is 23.1 Å². The van der Waals surface area contributed by atoms with E-state index in [0.29, 0.717) is 17.8 Å². The summed E-state index contributed by atoms with van der Waals surface area (Å²) in [5, 5.41) is 0. The molecule has 1 rings (SSSR count). The molecule has 0 saturated heterocycles. The van der Waals surface area contributed by atoms with Gasteiger partial charge >= 0.3 is 0 Å². The van der Waals surface area contributed by atoms with Gasteiger partial charge in [0, 0.05) is 5.56 Å². The van der Waals surface area contributed by atoms with E-state index in [4.69, 9.17) is 0 Å². The van der Waals surface area contributed by atoms with Crippen molar-refractivity contribution in [2.75, 3.05) is 0 Å². The van der Waals surface area contributed by atoms with Gasteiger partial charge in [-0.1, -0.05) is 13.8 Å². The van der Waals surface area contributed by atoms with Crippen molar-refractivity contribution in [3.63, 3.8) is 0 Å². The Bertz CT molecular complexity index is 523. The van der Waals surface area contributed by atoms with Gasteiger partial charge in [0.25, 0.3) is 0 Å². The van der Waals surface area contributed by atoms with Crippen LogP contribution in [0.3, 0.4) is 0 Å². The molecule has 0 fully saturated rings. The fourth-order valence-electron chi connectivity index (χ4n) is 1.92. The number of carbonyl (C=O) groups excluding carboxylic acids is 2. The molecule has 0 aliphatic carbocycles. The van der Waals surface area contributed by atoms with Crippen LogP contribution in [0.4, 0.5) is 11.4 Å². The summed E-state index contributed by atoms with van der Waals surface area (Å²) in [6.07, 6.45) is 4.52. The molecule has 0 heterocycles. The number of isocyanates is 2. The number of rotatable bonds is 4. The summed E-state index contributed by atoms with van der Waals surface area (Å²) in [6.45, 7) is 5.83. The van der Waals surface area contributed by atoms with Crippen molar-refractivity contribution in [2.24, 2.45) is 9.98 Å². The molecule has 1 aromatic carbocycles. The van der Waals surface area contributed by atoms with Gasteiger partial charge in [-0.15, -0.1) is 0 Å². The average Bonchev–Trinajstić information content (AvgIpc) is 2.33. The molecule has 0 spiro atoms. The molecule has 0 atom stereocenters. The Morgan fingerprint density at radius 1 is 1.12 bits per heavy atom. The van der Waals surface area contributed by atoms with Crippen LogP contribution in [-0.4, -0.2) is 12.2 Å². The minimum atomic E-state index is 0.541. The molecule has 0 aliphatic rings. The van der Waals surface area contributed by atoms with Crippen LogP contribution in [0, 0.1) is 6.92 Å². The van der Waals surface area contributed by atoms with Gasteiger partial charge in [0.05, 0.1) is 11.4 Å². The lowest BCUT2D eigenvalue weighted by Crippen LogP contribution is -1.93. The van der Waals surface area contributed by atoms with Crippen molar-refractivity contribution in [3.8, 4) is 0 Å². The van der Waals surface area contributed by atoms with Crippen molar-refractivity contribution >= 4 is 23.5 Å². The van der Waals surface area contributed by atoms with E-state index in [2.05, 4.69) is 9.98 Å². The van der Waals surface area contributed by atoms with Gasteiger partial charge in [-0.25, -0.2) is 9.59 Å². The van der Waals surface area contributed by atoms with Gasteiger partial charge < -0.3 is 0 Å². The number of benzene rings is 1. The minimum Gasteiger partial charge on any atom is -0.211 e. The molecule has 4 heteroatoms. The Balaban J connectivity index is 3.68. The highest BCUT2D eigenvalue weighted by atomic mass is 16.1. The van der Waals surface area contributed by atoms with Crippen LogP contribution in [0.25, 0.3) is 0 Å². The maximum absolute atomic E-state index is 10.5. The first-order chi connectivity index (χ1) is 8.19. The molecular weight excluding hydrogens is 216 g/mol. The van der Waals surface area contributed by atoms with Gasteiger partial charge in [-0.3, -0.25) is 0 Å². The highest BCUT2D eigenvalue weighted by molar-refractivity contribution is 5.70. The second kappa shape index (κ2) is 5.90. The lowest BCUT2D eigenvalue weighted by atomic mass is 9.97. The van der Waals surface area contributed by atoms with Crippen LogP contribution in [0.15, 0.2) is 16.1 Å². The summed E-state index contributed by atoms with van der Waals surface area (Å²) in [6, 6.07) is 1.85. The Morgan fingerprint density at radius 3 is 2.24 bits per heavy atom. The first-order valence-corrected chi connectivity index (χ1v) is 5.50. The standard InChI is InChI=1S/C13H14N2O2/c1-4-10-6-12(14-7-16)11(5-2)13(9(10)3)15-8-17/h6H,4-5H2,1-3H3. The molecule has 0 radical (unpaired) electrons. The second-order valence-corrected chi connectivity index (χ2v) is 3.62. The summed E-state index contributed by atoms with van der Waals surface area (Å²) in [5.41, 5.74) is 3.86. The fourth-order valence-corrected chi connectivity index (χ4v) is 1.92. The van der Waals surface area contributed by atoms with Crippen LogP contribution in [0.2, 0.25) is 0 Å². The Labute approximate surface area is 100 Å². The first-order valence-electron chi connectivity index (χ1n) is 5.50. The summed E-state index contributed by atoms with van der Waals surface area (Å²) in [7, 11) is 0. The fraction of sp³-hybridized carbons (Fsp3) is 0.385. The van der Waals surface area contributed by atoms with Crippen LogP contribution in [-0.2, 0) is 22.4 Å². The first kappa shape index (κ1) is 13.0. The van der Waals surface area contributed by atoms with Gasteiger partial charge in [0.15, 0.2) is 0 Å². The van der Waals surface area contributed by atoms with Crippen molar-refractivity contribution < 1.29 is 9.59 Å². The summed E-state index contributed by atoms with van der Waals surface area (Å²) >= 11 is 0. The van der Waals surface area contributed by atoms with Gasteiger partial charge in [-0.05, 0) is 37.0 Å². The van der Waals surface area contributed by atoms with Gasteiger partial charge in [0.2, 0.25) is 12.2 Å². The zero-order valence-electron chi connectivity index (χ0n) is 10.2. The molecule has 0 aliphatic heterocycles. The number of aliphatic imine (C=N–C) groups is 2. The summed E-state index contributed by atoms with van der Waals surface area (Å²) in [5.74, 6) is 0. The van der Waals surface area contributed by atoms with Crippen LogP contribution in [0.5, 0.6) is 0 Å². The second-order valence-electron chi connectivity index (χ2n) is 3.62. The maximum atomic E-state index is 10.5. The Kier molecular flexibility index (Phi) is 4.53. The van der Waals surface area contributed by atoms with E-state index >= 15 is 0 Å². The number of nitrogens with zero attached hydrogens (tertiary/aromatic N) is 2. The quantitative estimate of drug-likeness (QED) is 0.589. The Hall–Kier alpha value is -2.02. The van der Waals surface area contributed by atoms with Crippen LogP contribution < -0.4 is 0 Å². The molecule has 0 aromatic heterocycles. The van der Waals surface area contributed by atoms with Gasteiger partial charge in [0.1, 0.15) is 0 Å². The van der Waals surface area contributed by atoms with Crippen molar-refractivity contribution in [2.45, 2.75) is 33.6 Å². The van der Waals surface area contributed by atoms with E-state index in [1.165, 1.54) is 6.08 Å². The van der Waals surface area contributed by atoms with Crippen molar-refractivity contribution in [1.82, 2.24) is 0 Å². The molecule has 1 aromatic rings. The predicted molar refractivity (Wildman–Crippen MR) is 65.5 cm³/mol. The lowest BCUT2D eigenvalue weighted by Gasteiger charge is -2.12. The molecule has 4 nitrogen and oxygen atoms in total. The minimum absolute atomic E-state index is 0.541. The van der Waals surface area contributed by atoms with E-state index in [-0.39, 0.29) is 0 Å². The van der Waals surface area contributed by atoms with Crippen LogP contribution in [0.1, 0.15) is 30.5 Å². The van der Waals surface area contributed by atoms with Gasteiger partial charge in [-0.2, -0.15) is 9.98 Å². The lowest BCUT2D eigenvalue weighted by molar-refractivity contribution is 0.565. The highest BCUT2D eigenvalue weighted by Gasteiger charge is 2.13. The number of hydrogen-bond acceptors (Lipinski definition) is 4. The van der Waals surface area contributed by atoms with E-state index in [1.54, 1.807) is 6.08 Å². The smallest absolute Gasteiger partial charge is 0.211 e. The maximum Gasteiger partial charge on any atom is 0.240 e. The summed E-state index contributed by atoms with van der Waals surface area (Å²) < 4.78 is 0. The highest BCUT2D eigenvalue weighted by Crippen LogP contribution is 2.35. The third-order valence-electron chi connectivity index (χ3n) is 2.80. The normalized spacial score (nSPS) is 9.35. The average molecular weight is 230 g/mol. The Morgan fingerprint density at radius 2 is 1.76 bits per heavy atom. The molecule has 0 saturated carbocycles. The largest absolute Gasteiger partial charge is 0.240 e. The predicted octanol–water partition coefficient (Wildman–Crippen LogP) is 3.05. The molecule has 0 amide bonds. The third kappa shape index (κ3) is 2.56. The zero-order valence-corrected chi connectivity index (χ0v) is 10.2. The SMILES string of the molecule is CCc1cc(N=C=O)c(CC)c(N=C=O)c1C. The number of aryl methyl sites for hydroxylation is 1. The van der Waals surface area contributed by atoms with Crippen molar-refractivity contribution in [1.29, 1.82) is 0 Å². The van der Waals surface area contributed by atoms with E-state index < -0.39 is 0 Å². The topological polar surface area (TPSA) is 58.9 Å². The molecule has 0 unspecified atom stereocenters. The molecule has 88 valence electrons. The number of hydrogen-bond donors (Lipinski definition) is 0. The third-order valence-corrected chi connectivity index (χ3v) is 2.80. The molecule has 0 N–H and O–H groups in total. The van der Waals surface area contributed by atoms with Crippen molar-refractivity contribution in [3.05, 3.63) is 22.8 Å². The van der Waals surface area contributed by atoms with Crippen LogP contribution >= 0.6 is 0 Å². The summed E-state index contributed by atoms with van der Waals surface area (Å²) in [4.78, 5) is 28.3. The monoisotopic (exact) mass is 230 g/mol. The molecule has 0 bridgehead atoms. The molecular formula is C13H14N2O2. The van der Waals surface area contributed by atoms with E-state index in [9.17, 15) is 9.59 Å². The molecule has 17 heavy (non-hydrogen) atoms. The zero-order chi connectivity index (χ0) is 12.8. The van der Waals surface area contributed by atoms with E-state index in [1.807, 2.05) is 26.8 Å².